The number of hydrogen-bond acceptors (Lipinski definition) is 5. The Morgan fingerprint density at radius 3 is 2.33 bits per heavy atom. The summed E-state index contributed by atoms with van der Waals surface area (Å²) >= 11 is 0. The van der Waals surface area contributed by atoms with Gasteiger partial charge < -0.3 is 19.4 Å². The van der Waals surface area contributed by atoms with Crippen LogP contribution in [0.1, 0.15) is 49.5 Å². The van der Waals surface area contributed by atoms with E-state index in [-0.39, 0.29) is 11.8 Å². The number of anilines is 2. The topological polar surface area (TPSA) is 65.4 Å². The summed E-state index contributed by atoms with van der Waals surface area (Å²) in [7, 11) is 1.33. The second-order valence-electron chi connectivity index (χ2n) is 8.77. The fraction of sp³-hybridized carbons (Fsp3) is 0.417. The highest BCUT2D eigenvalue weighted by molar-refractivity contribution is 5.94. The molecule has 1 aromatic heterocycles. The zero-order chi connectivity index (χ0) is 23.8. The van der Waals surface area contributed by atoms with Crippen molar-refractivity contribution in [2.24, 2.45) is 11.8 Å². The summed E-state index contributed by atoms with van der Waals surface area (Å²) in [4.78, 5) is 16.7. The largest absolute Gasteiger partial charge is 0.573 e. The SMILES string of the molecule is COC(=O)c1ccc2c(c1)nc(Nc1ccc(OC(F)(F)F)cc1)n2C1CC(C)CC(C)C1. The molecule has 33 heavy (non-hydrogen) atoms. The molecular formula is C24H26F3N3O3. The maximum absolute atomic E-state index is 12.5. The molecule has 1 fully saturated rings. The van der Waals surface area contributed by atoms with Crippen LogP contribution in [0.5, 0.6) is 5.75 Å². The highest BCUT2D eigenvalue weighted by atomic mass is 19.4. The Bertz CT molecular complexity index is 1130. The Hall–Kier alpha value is -3.23. The molecule has 0 radical (unpaired) electrons. The third-order valence-corrected chi connectivity index (χ3v) is 5.97. The molecule has 1 heterocycles. The summed E-state index contributed by atoms with van der Waals surface area (Å²) in [5.74, 6) is 0.942. The van der Waals surface area contributed by atoms with Gasteiger partial charge >= 0.3 is 12.3 Å². The lowest BCUT2D eigenvalue weighted by molar-refractivity contribution is -0.274. The van der Waals surface area contributed by atoms with Crippen molar-refractivity contribution >= 4 is 28.6 Å². The number of aromatic nitrogens is 2. The molecule has 2 unspecified atom stereocenters. The van der Waals surface area contributed by atoms with Crippen LogP contribution in [0.25, 0.3) is 11.0 Å². The van der Waals surface area contributed by atoms with E-state index in [9.17, 15) is 18.0 Å². The minimum absolute atomic E-state index is 0.202. The molecule has 176 valence electrons. The average molecular weight is 461 g/mol. The molecule has 3 aromatic rings. The van der Waals surface area contributed by atoms with Gasteiger partial charge in [0.25, 0.3) is 0 Å². The summed E-state index contributed by atoms with van der Waals surface area (Å²) in [6.07, 6.45) is -1.60. The van der Waals surface area contributed by atoms with E-state index in [1.54, 1.807) is 12.1 Å². The van der Waals surface area contributed by atoms with E-state index in [0.717, 1.165) is 18.4 Å². The number of alkyl halides is 3. The number of fused-ring (bicyclic) bond motifs is 1. The molecule has 0 bridgehead atoms. The van der Waals surface area contributed by atoms with Gasteiger partial charge in [-0.2, -0.15) is 0 Å². The first-order valence-electron chi connectivity index (χ1n) is 10.9. The molecule has 2 atom stereocenters. The van der Waals surface area contributed by atoms with E-state index in [1.807, 2.05) is 6.07 Å². The maximum Gasteiger partial charge on any atom is 0.573 e. The second-order valence-corrected chi connectivity index (χ2v) is 8.77. The Morgan fingerprint density at radius 2 is 1.73 bits per heavy atom. The zero-order valence-corrected chi connectivity index (χ0v) is 18.6. The van der Waals surface area contributed by atoms with Crippen LogP contribution in [0.4, 0.5) is 24.8 Å². The molecule has 1 N–H and O–H groups in total. The van der Waals surface area contributed by atoms with Crippen molar-refractivity contribution in [3.8, 4) is 5.75 Å². The molecule has 1 aliphatic rings. The van der Waals surface area contributed by atoms with Crippen molar-refractivity contribution < 1.29 is 27.4 Å². The van der Waals surface area contributed by atoms with E-state index in [2.05, 4.69) is 28.5 Å². The number of esters is 1. The first-order valence-corrected chi connectivity index (χ1v) is 10.9. The standard InChI is InChI=1S/C24H26F3N3O3/c1-14-10-15(2)12-18(11-14)30-21-9-4-16(22(31)32-3)13-20(21)29-23(30)28-17-5-7-19(8-6-17)33-24(25,26)27/h4-9,13-15,18H,10-12H2,1-3H3,(H,28,29). The van der Waals surface area contributed by atoms with Crippen molar-refractivity contribution in [2.75, 3.05) is 12.4 Å². The molecule has 1 aliphatic carbocycles. The number of halogens is 3. The Labute approximate surface area is 189 Å². The number of carbonyl (C=O) groups is 1. The Morgan fingerprint density at radius 1 is 1.06 bits per heavy atom. The van der Waals surface area contributed by atoms with Crippen LogP contribution in [-0.2, 0) is 4.74 Å². The molecular weight excluding hydrogens is 435 g/mol. The van der Waals surface area contributed by atoms with Gasteiger partial charge in [0.1, 0.15) is 5.75 Å². The number of methoxy groups -OCH3 is 1. The summed E-state index contributed by atoms with van der Waals surface area (Å²) in [6, 6.07) is 11.0. The number of benzene rings is 2. The molecule has 9 heteroatoms. The number of nitrogens with one attached hydrogen (secondary N) is 1. The van der Waals surface area contributed by atoms with Gasteiger partial charge in [0, 0.05) is 11.7 Å². The zero-order valence-electron chi connectivity index (χ0n) is 18.6. The number of imidazole rings is 1. The lowest BCUT2D eigenvalue weighted by Crippen LogP contribution is -2.23. The van der Waals surface area contributed by atoms with E-state index < -0.39 is 12.3 Å². The predicted molar refractivity (Wildman–Crippen MR) is 119 cm³/mol. The van der Waals surface area contributed by atoms with Crippen LogP contribution < -0.4 is 10.1 Å². The van der Waals surface area contributed by atoms with Gasteiger partial charge in [-0.3, -0.25) is 0 Å². The van der Waals surface area contributed by atoms with Gasteiger partial charge in [0.2, 0.25) is 5.95 Å². The van der Waals surface area contributed by atoms with Crippen molar-refractivity contribution in [1.29, 1.82) is 0 Å². The first-order chi connectivity index (χ1) is 15.6. The van der Waals surface area contributed by atoms with Crippen molar-refractivity contribution in [3.63, 3.8) is 0 Å². The fourth-order valence-corrected chi connectivity index (χ4v) is 4.79. The van der Waals surface area contributed by atoms with Crippen LogP contribution in [0, 0.1) is 11.8 Å². The summed E-state index contributed by atoms with van der Waals surface area (Å²) in [5.41, 5.74) is 2.50. The van der Waals surface area contributed by atoms with Gasteiger partial charge in [0.05, 0.1) is 23.7 Å². The molecule has 4 rings (SSSR count). The molecule has 0 amide bonds. The number of hydrogen-bond donors (Lipinski definition) is 1. The first kappa shape index (κ1) is 22.9. The van der Waals surface area contributed by atoms with Crippen molar-refractivity contribution in [1.82, 2.24) is 9.55 Å². The molecule has 2 aromatic carbocycles. The van der Waals surface area contributed by atoms with Crippen LogP contribution in [-0.4, -0.2) is 29.0 Å². The highest BCUT2D eigenvalue weighted by Crippen LogP contribution is 2.40. The van der Waals surface area contributed by atoms with Gasteiger partial charge in [0.15, 0.2) is 0 Å². The lowest BCUT2D eigenvalue weighted by Gasteiger charge is -2.33. The summed E-state index contributed by atoms with van der Waals surface area (Å²) in [5, 5.41) is 3.24. The van der Waals surface area contributed by atoms with Gasteiger partial charge in [-0.15, -0.1) is 13.2 Å². The number of carbonyl (C=O) groups excluding carboxylic acids is 1. The third kappa shape index (κ3) is 5.23. The number of rotatable bonds is 5. The van der Waals surface area contributed by atoms with E-state index in [0.29, 0.717) is 34.6 Å². The predicted octanol–water partition coefficient (Wildman–Crippen LogP) is 6.46. The van der Waals surface area contributed by atoms with Gasteiger partial charge in [-0.25, -0.2) is 9.78 Å². The number of ether oxygens (including phenoxy) is 2. The molecule has 6 nitrogen and oxygen atoms in total. The minimum atomic E-state index is -4.74. The van der Waals surface area contributed by atoms with Gasteiger partial charge in [-0.05, 0) is 73.6 Å². The minimum Gasteiger partial charge on any atom is -0.465 e. The average Bonchev–Trinajstić information content (AvgIpc) is 3.09. The smallest absolute Gasteiger partial charge is 0.465 e. The summed E-state index contributed by atoms with van der Waals surface area (Å²) in [6.45, 7) is 4.48. The van der Waals surface area contributed by atoms with E-state index in [4.69, 9.17) is 9.72 Å². The van der Waals surface area contributed by atoms with Crippen molar-refractivity contribution in [2.45, 2.75) is 45.5 Å². The fourth-order valence-electron chi connectivity index (χ4n) is 4.79. The quantitative estimate of drug-likeness (QED) is 0.442. The monoisotopic (exact) mass is 461 g/mol. The highest BCUT2D eigenvalue weighted by Gasteiger charge is 2.31. The van der Waals surface area contributed by atoms with Crippen molar-refractivity contribution in [3.05, 3.63) is 48.0 Å². The molecule has 0 spiro atoms. The molecule has 1 saturated carbocycles. The normalized spacial score (nSPS) is 21.1. The molecule has 0 saturated heterocycles. The summed E-state index contributed by atoms with van der Waals surface area (Å²) < 4.78 is 48.3. The third-order valence-electron chi connectivity index (χ3n) is 5.97. The molecule has 0 aliphatic heterocycles. The lowest BCUT2D eigenvalue weighted by atomic mass is 9.80. The second kappa shape index (κ2) is 8.96. The maximum atomic E-state index is 12.5. The van der Waals surface area contributed by atoms with Crippen LogP contribution >= 0.6 is 0 Å². The van der Waals surface area contributed by atoms with E-state index in [1.165, 1.54) is 37.8 Å². The van der Waals surface area contributed by atoms with Crippen LogP contribution in [0.2, 0.25) is 0 Å². The van der Waals surface area contributed by atoms with E-state index >= 15 is 0 Å². The number of nitrogens with zero attached hydrogens (tertiary/aromatic N) is 2. The Kier molecular flexibility index (Phi) is 6.23. The van der Waals surface area contributed by atoms with Crippen LogP contribution in [0.15, 0.2) is 42.5 Å². The van der Waals surface area contributed by atoms with Gasteiger partial charge in [-0.1, -0.05) is 13.8 Å². The van der Waals surface area contributed by atoms with Crippen LogP contribution in [0.3, 0.4) is 0 Å². The Balaban J connectivity index is 1.71.